The Balaban J connectivity index is 1.54. The Kier molecular flexibility index (Phi) is 8.27. The molecule has 0 bridgehead atoms. The maximum absolute atomic E-state index is 13.7. The van der Waals surface area contributed by atoms with Crippen LogP contribution in [0.15, 0.2) is 48.2 Å². The average Bonchev–Trinajstić information content (AvgIpc) is 2.93. The quantitative estimate of drug-likeness (QED) is 0.356. The van der Waals surface area contributed by atoms with Crippen LogP contribution in [0.4, 0.5) is 21.5 Å². The molecule has 1 aromatic heterocycles. The second-order valence-electron chi connectivity index (χ2n) is 9.94. The van der Waals surface area contributed by atoms with Crippen LogP contribution in [-0.4, -0.2) is 55.1 Å². The number of likely N-dealkylation sites (tertiary alicyclic amines) is 1. The first-order valence-electron chi connectivity index (χ1n) is 13.0. The number of carbonyl (C=O) groups excluding carboxylic acids is 1. The van der Waals surface area contributed by atoms with Gasteiger partial charge in [-0.1, -0.05) is 17.2 Å². The number of benzene rings is 2. The van der Waals surface area contributed by atoms with Crippen molar-refractivity contribution in [3.63, 3.8) is 0 Å². The number of carbonyl (C=O) groups is 1. The maximum Gasteiger partial charge on any atom is 0.248 e. The molecular weight excluding hydrogens is 519 g/mol. The number of hydrogen-bond acceptors (Lipinski definition) is 7. The predicted molar refractivity (Wildman–Crippen MR) is 151 cm³/mol. The van der Waals surface area contributed by atoms with E-state index in [1.807, 2.05) is 0 Å². The Bertz CT molecular complexity index is 1450. The van der Waals surface area contributed by atoms with Crippen molar-refractivity contribution in [1.29, 1.82) is 5.26 Å². The molecule has 3 heterocycles. The van der Waals surface area contributed by atoms with Crippen molar-refractivity contribution in [3.8, 4) is 11.8 Å². The van der Waals surface area contributed by atoms with Gasteiger partial charge in [0.25, 0.3) is 0 Å². The summed E-state index contributed by atoms with van der Waals surface area (Å²) in [6.07, 6.45) is 6.55. The van der Waals surface area contributed by atoms with Crippen molar-refractivity contribution >= 4 is 45.5 Å². The summed E-state index contributed by atoms with van der Waals surface area (Å²) < 4.78 is 20.2. The number of aromatic nitrogens is 1. The minimum absolute atomic E-state index is 0.00871. The lowest BCUT2D eigenvalue weighted by Gasteiger charge is -2.30. The van der Waals surface area contributed by atoms with Gasteiger partial charge in [-0.3, -0.25) is 9.78 Å². The molecule has 3 N–H and O–H groups in total. The van der Waals surface area contributed by atoms with Gasteiger partial charge in [-0.25, -0.2) is 4.39 Å². The number of amides is 1. The lowest BCUT2D eigenvalue weighted by atomic mass is 10.0. The molecule has 3 aromatic rings. The van der Waals surface area contributed by atoms with E-state index < -0.39 is 5.82 Å². The molecule has 10 heteroatoms. The highest BCUT2D eigenvalue weighted by atomic mass is 35.5. The molecule has 202 valence electrons. The van der Waals surface area contributed by atoms with Crippen molar-refractivity contribution in [2.45, 2.75) is 31.8 Å². The van der Waals surface area contributed by atoms with Crippen molar-refractivity contribution in [2.75, 3.05) is 43.9 Å². The summed E-state index contributed by atoms with van der Waals surface area (Å²) >= 11 is 5.99. The molecule has 2 aliphatic heterocycles. The fourth-order valence-electron chi connectivity index (χ4n) is 4.88. The van der Waals surface area contributed by atoms with Gasteiger partial charge >= 0.3 is 0 Å². The van der Waals surface area contributed by atoms with Crippen molar-refractivity contribution in [1.82, 2.24) is 15.2 Å². The van der Waals surface area contributed by atoms with Crippen LogP contribution in [0.1, 0.15) is 31.2 Å². The highest BCUT2D eigenvalue weighted by Gasteiger charge is 2.22. The van der Waals surface area contributed by atoms with E-state index in [4.69, 9.17) is 16.3 Å². The van der Waals surface area contributed by atoms with Gasteiger partial charge in [-0.05, 0) is 70.1 Å². The van der Waals surface area contributed by atoms with Gasteiger partial charge in [-0.15, -0.1) is 0 Å². The molecule has 0 spiro atoms. The van der Waals surface area contributed by atoms with E-state index in [9.17, 15) is 14.4 Å². The topological polar surface area (TPSA) is 102 Å². The van der Waals surface area contributed by atoms with Crippen LogP contribution in [0.25, 0.3) is 10.9 Å². The monoisotopic (exact) mass is 548 g/mol. The van der Waals surface area contributed by atoms with Crippen LogP contribution < -0.4 is 20.7 Å². The van der Waals surface area contributed by atoms with Crippen LogP contribution >= 0.6 is 11.6 Å². The molecule has 1 amide bonds. The van der Waals surface area contributed by atoms with E-state index >= 15 is 0 Å². The first kappa shape index (κ1) is 26.9. The van der Waals surface area contributed by atoms with Crippen LogP contribution in [-0.2, 0) is 4.79 Å². The smallest absolute Gasteiger partial charge is 0.248 e. The molecule has 0 unspecified atom stereocenters. The summed E-state index contributed by atoms with van der Waals surface area (Å²) in [5.41, 5.74) is 3.45. The minimum atomic E-state index is -0.536. The highest BCUT2D eigenvalue weighted by molar-refractivity contribution is 6.31. The highest BCUT2D eigenvalue weighted by Crippen LogP contribution is 2.37. The normalized spacial score (nSPS) is 16.5. The van der Waals surface area contributed by atoms with Gasteiger partial charge in [0.1, 0.15) is 23.7 Å². The number of ether oxygens (including phenoxy) is 1. The third-order valence-corrected chi connectivity index (χ3v) is 7.37. The van der Waals surface area contributed by atoms with Gasteiger partial charge in [0.05, 0.1) is 27.5 Å². The summed E-state index contributed by atoms with van der Waals surface area (Å²) in [5, 5.41) is 19.9. The molecular formula is C29H30ClFN6O2. The van der Waals surface area contributed by atoms with E-state index in [0.29, 0.717) is 39.3 Å². The third-order valence-electron chi connectivity index (χ3n) is 7.08. The molecule has 8 nitrogen and oxygen atoms in total. The molecule has 0 radical (unpaired) electrons. The number of nitriles is 1. The predicted octanol–water partition coefficient (Wildman–Crippen LogP) is 5.36. The Hall–Kier alpha value is -3.71. The van der Waals surface area contributed by atoms with Gasteiger partial charge in [-0.2, -0.15) is 5.26 Å². The van der Waals surface area contributed by atoms with E-state index in [1.165, 1.54) is 18.3 Å². The number of nitrogens with zero attached hydrogens (tertiary/aromatic N) is 3. The van der Waals surface area contributed by atoms with Crippen LogP contribution in [0, 0.1) is 17.1 Å². The number of fused-ring (bicyclic) bond motifs is 1. The summed E-state index contributed by atoms with van der Waals surface area (Å²) in [6, 6.07) is 9.99. The number of nitrogens with one attached hydrogen (secondary N) is 3. The molecule has 2 fully saturated rings. The number of anilines is 3. The molecule has 2 aromatic carbocycles. The first-order chi connectivity index (χ1) is 18.9. The largest absolute Gasteiger partial charge is 0.488 e. The average molecular weight is 549 g/mol. The summed E-state index contributed by atoms with van der Waals surface area (Å²) in [5.74, 6) is -0.239. The second-order valence-corrected chi connectivity index (χ2v) is 10.3. The molecule has 0 saturated carbocycles. The van der Waals surface area contributed by atoms with Crippen molar-refractivity contribution < 1.29 is 13.9 Å². The van der Waals surface area contributed by atoms with Crippen LogP contribution in [0.2, 0.25) is 5.02 Å². The Labute approximate surface area is 231 Å². The molecule has 0 aliphatic carbocycles. The number of piperidine rings is 2. The molecule has 2 saturated heterocycles. The third kappa shape index (κ3) is 6.48. The van der Waals surface area contributed by atoms with E-state index in [-0.39, 0.29) is 17.0 Å². The zero-order valence-electron chi connectivity index (χ0n) is 21.7. The van der Waals surface area contributed by atoms with Gasteiger partial charge in [0.2, 0.25) is 5.91 Å². The van der Waals surface area contributed by atoms with E-state index in [0.717, 1.165) is 57.4 Å². The Morgan fingerprint density at radius 1 is 1.26 bits per heavy atom. The Morgan fingerprint density at radius 2 is 2.03 bits per heavy atom. The number of hydrogen-bond donors (Lipinski definition) is 3. The summed E-state index contributed by atoms with van der Waals surface area (Å²) in [7, 11) is 2.09. The summed E-state index contributed by atoms with van der Waals surface area (Å²) in [4.78, 5) is 19.8. The lowest BCUT2D eigenvalue weighted by Crippen LogP contribution is -2.35. The van der Waals surface area contributed by atoms with E-state index in [1.54, 1.807) is 24.3 Å². The van der Waals surface area contributed by atoms with Gasteiger partial charge in [0.15, 0.2) is 0 Å². The SMILES string of the molecule is CN1CCC(Oc2cc3ncc(C#N)c(Nc4ccc(F)c(Cl)c4)c3cc2NC(=O)C=C2CCNCC2)CC1. The standard InChI is InChI=1S/C29H30ClFN6O2/c1-37-10-6-21(7-11-37)39-27-15-25-22(14-26(27)36-28(38)12-18-4-8-33-9-5-18)29(19(16-32)17-34-25)35-20-2-3-24(31)23(30)13-20/h2-3,12-15,17,21,33H,4-11H2,1H3,(H,34,35)(H,36,38). The zero-order valence-corrected chi connectivity index (χ0v) is 22.4. The van der Waals surface area contributed by atoms with E-state index in [2.05, 4.69) is 39.0 Å². The lowest BCUT2D eigenvalue weighted by molar-refractivity contribution is -0.112. The van der Waals surface area contributed by atoms with Crippen LogP contribution in [0.5, 0.6) is 5.75 Å². The molecule has 2 aliphatic rings. The second kappa shape index (κ2) is 12.0. The van der Waals surface area contributed by atoms with Crippen molar-refractivity contribution in [3.05, 3.63) is 64.6 Å². The fourth-order valence-corrected chi connectivity index (χ4v) is 5.06. The minimum Gasteiger partial charge on any atom is -0.488 e. The zero-order chi connectivity index (χ0) is 27.4. The number of pyridine rings is 1. The first-order valence-corrected chi connectivity index (χ1v) is 13.4. The molecule has 5 rings (SSSR count). The maximum atomic E-state index is 13.7. The Morgan fingerprint density at radius 3 is 2.74 bits per heavy atom. The van der Waals surface area contributed by atoms with Crippen molar-refractivity contribution in [2.24, 2.45) is 0 Å². The van der Waals surface area contributed by atoms with Crippen LogP contribution in [0.3, 0.4) is 0 Å². The number of halogens is 2. The number of rotatable bonds is 6. The van der Waals surface area contributed by atoms with Gasteiger partial charge in [0, 0.05) is 42.5 Å². The van der Waals surface area contributed by atoms with Gasteiger partial charge < -0.3 is 25.6 Å². The molecule has 39 heavy (non-hydrogen) atoms. The molecule has 0 atom stereocenters. The summed E-state index contributed by atoms with van der Waals surface area (Å²) in [6.45, 7) is 3.56. The fraction of sp³-hybridized carbons (Fsp3) is 0.345.